The molecule has 5 heteroatoms. The normalized spacial score (nSPS) is 9.81. The Morgan fingerprint density at radius 2 is 2.06 bits per heavy atom. The van der Waals surface area contributed by atoms with Crippen molar-refractivity contribution in [2.75, 3.05) is 6.54 Å². The van der Waals surface area contributed by atoms with Crippen molar-refractivity contribution in [3.8, 4) is 0 Å². The summed E-state index contributed by atoms with van der Waals surface area (Å²) >= 11 is 0. The molecule has 0 aliphatic heterocycles. The standard InChI is InChI=1S/C11H15N3O2/c12-7-8-2-1-3-9(6-8)11(16)14-5-4-10(13)15/h1-3,6H,4-5,7,12H2,(H2,13,15)(H,14,16). The fraction of sp³-hybridized carbons (Fsp3) is 0.273. The molecule has 5 nitrogen and oxygen atoms in total. The molecule has 0 radical (unpaired) electrons. The van der Waals surface area contributed by atoms with Gasteiger partial charge in [-0.05, 0) is 17.7 Å². The summed E-state index contributed by atoms with van der Waals surface area (Å²) in [5.74, 6) is -0.660. The molecule has 0 atom stereocenters. The van der Waals surface area contributed by atoms with Crippen LogP contribution in [0.2, 0.25) is 0 Å². The SMILES string of the molecule is NCc1cccc(C(=O)NCCC(N)=O)c1. The van der Waals surface area contributed by atoms with Gasteiger partial charge in [0.1, 0.15) is 0 Å². The van der Waals surface area contributed by atoms with Crippen molar-refractivity contribution < 1.29 is 9.59 Å². The third kappa shape index (κ3) is 3.70. The number of hydrogen-bond donors (Lipinski definition) is 3. The van der Waals surface area contributed by atoms with Crippen molar-refractivity contribution >= 4 is 11.8 Å². The number of carbonyl (C=O) groups excluding carboxylic acids is 2. The highest BCUT2D eigenvalue weighted by molar-refractivity contribution is 5.94. The molecule has 2 amide bonds. The number of carbonyl (C=O) groups is 2. The second kappa shape index (κ2) is 5.87. The minimum Gasteiger partial charge on any atom is -0.370 e. The van der Waals surface area contributed by atoms with Crippen LogP contribution in [0.1, 0.15) is 22.3 Å². The Bertz CT molecular complexity index is 391. The van der Waals surface area contributed by atoms with Gasteiger partial charge >= 0.3 is 0 Å². The molecule has 0 aromatic heterocycles. The van der Waals surface area contributed by atoms with Crippen molar-refractivity contribution in [3.05, 3.63) is 35.4 Å². The summed E-state index contributed by atoms with van der Waals surface area (Å²) in [6.45, 7) is 0.642. The van der Waals surface area contributed by atoms with E-state index in [-0.39, 0.29) is 18.9 Å². The maximum absolute atomic E-state index is 11.6. The van der Waals surface area contributed by atoms with Crippen molar-refractivity contribution in [1.29, 1.82) is 0 Å². The summed E-state index contributed by atoms with van der Waals surface area (Å²) in [5.41, 5.74) is 11.8. The van der Waals surface area contributed by atoms with E-state index in [9.17, 15) is 9.59 Å². The zero-order valence-electron chi connectivity index (χ0n) is 8.90. The third-order valence-corrected chi connectivity index (χ3v) is 2.08. The molecule has 0 saturated carbocycles. The number of rotatable bonds is 5. The van der Waals surface area contributed by atoms with Crippen molar-refractivity contribution in [3.63, 3.8) is 0 Å². The number of nitrogens with two attached hydrogens (primary N) is 2. The summed E-state index contributed by atoms with van der Waals surface area (Å²) in [6.07, 6.45) is 0.141. The highest BCUT2D eigenvalue weighted by Gasteiger charge is 2.05. The molecular formula is C11H15N3O2. The molecule has 1 aromatic carbocycles. The van der Waals surface area contributed by atoms with Crippen LogP contribution in [0.3, 0.4) is 0 Å². The van der Waals surface area contributed by atoms with Crippen LogP contribution in [0.5, 0.6) is 0 Å². The molecule has 0 aliphatic rings. The van der Waals surface area contributed by atoms with Crippen LogP contribution < -0.4 is 16.8 Å². The smallest absolute Gasteiger partial charge is 0.251 e. The fourth-order valence-corrected chi connectivity index (χ4v) is 1.24. The quantitative estimate of drug-likeness (QED) is 0.639. The minimum absolute atomic E-state index is 0.141. The van der Waals surface area contributed by atoms with Crippen LogP contribution in [-0.4, -0.2) is 18.4 Å². The van der Waals surface area contributed by atoms with E-state index in [1.807, 2.05) is 6.07 Å². The molecule has 5 N–H and O–H groups in total. The molecule has 16 heavy (non-hydrogen) atoms. The van der Waals surface area contributed by atoms with E-state index >= 15 is 0 Å². The summed E-state index contributed by atoms with van der Waals surface area (Å²) in [6, 6.07) is 7.03. The van der Waals surface area contributed by atoms with Gasteiger partial charge in [0.25, 0.3) is 5.91 Å². The molecule has 0 fully saturated rings. The predicted octanol–water partition coefficient (Wildman–Crippen LogP) is -0.250. The third-order valence-electron chi connectivity index (χ3n) is 2.08. The van der Waals surface area contributed by atoms with Gasteiger partial charge in [-0.25, -0.2) is 0 Å². The lowest BCUT2D eigenvalue weighted by Crippen LogP contribution is -2.27. The zero-order valence-corrected chi connectivity index (χ0v) is 8.90. The van der Waals surface area contributed by atoms with E-state index in [4.69, 9.17) is 11.5 Å². The molecule has 1 aromatic rings. The largest absolute Gasteiger partial charge is 0.370 e. The Kier molecular flexibility index (Phi) is 4.47. The van der Waals surface area contributed by atoms with E-state index in [1.54, 1.807) is 18.2 Å². The predicted molar refractivity (Wildman–Crippen MR) is 60.5 cm³/mol. The van der Waals surface area contributed by atoms with Gasteiger partial charge in [-0.2, -0.15) is 0 Å². The van der Waals surface area contributed by atoms with E-state index in [1.165, 1.54) is 0 Å². The number of primary amides is 1. The van der Waals surface area contributed by atoms with Crippen LogP contribution >= 0.6 is 0 Å². The van der Waals surface area contributed by atoms with E-state index < -0.39 is 5.91 Å². The molecule has 0 unspecified atom stereocenters. The van der Waals surface area contributed by atoms with Crippen LogP contribution in [-0.2, 0) is 11.3 Å². The maximum Gasteiger partial charge on any atom is 0.251 e. The van der Waals surface area contributed by atoms with Crippen LogP contribution in [0.25, 0.3) is 0 Å². The van der Waals surface area contributed by atoms with Gasteiger partial charge < -0.3 is 16.8 Å². The first-order chi connectivity index (χ1) is 7.63. The molecule has 0 aliphatic carbocycles. The first-order valence-corrected chi connectivity index (χ1v) is 4.99. The van der Waals surface area contributed by atoms with Crippen molar-refractivity contribution in [2.45, 2.75) is 13.0 Å². The Morgan fingerprint density at radius 1 is 1.31 bits per heavy atom. The van der Waals surface area contributed by atoms with E-state index in [0.717, 1.165) is 5.56 Å². The van der Waals surface area contributed by atoms with Gasteiger partial charge in [-0.15, -0.1) is 0 Å². The molecule has 0 bridgehead atoms. The molecule has 1 rings (SSSR count). The summed E-state index contributed by atoms with van der Waals surface area (Å²) < 4.78 is 0. The fourth-order valence-electron chi connectivity index (χ4n) is 1.24. The Labute approximate surface area is 93.8 Å². The zero-order chi connectivity index (χ0) is 12.0. The first kappa shape index (κ1) is 12.2. The van der Waals surface area contributed by atoms with Gasteiger partial charge in [-0.3, -0.25) is 9.59 Å². The lowest BCUT2D eigenvalue weighted by molar-refractivity contribution is -0.117. The number of hydrogen-bond acceptors (Lipinski definition) is 3. The van der Waals surface area contributed by atoms with Gasteiger partial charge in [0.05, 0.1) is 0 Å². The number of nitrogens with one attached hydrogen (secondary N) is 1. The van der Waals surface area contributed by atoms with Gasteiger partial charge in [0.15, 0.2) is 0 Å². The molecule has 0 heterocycles. The second-order valence-electron chi connectivity index (χ2n) is 3.38. The second-order valence-corrected chi connectivity index (χ2v) is 3.38. The lowest BCUT2D eigenvalue weighted by Gasteiger charge is -2.05. The molecule has 86 valence electrons. The highest BCUT2D eigenvalue weighted by Crippen LogP contribution is 2.04. The number of benzene rings is 1. The molecule has 0 spiro atoms. The average molecular weight is 221 g/mol. The summed E-state index contributed by atoms with van der Waals surface area (Å²) in [7, 11) is 0. The van der Waals surface area contributed by atoms with Crippen molar-refractivity contribution in [2.24, 2.45) is 11.5 Å². The van der Waals surface area contributed by atoms with Gasteiger partial charge in [0, 0.05) is 25.1 Å². The monoisotopic (exact) mass is 221 g/mol. The molecular weight excluding hydrogens is 206 g/mol. The van der Waals surface area contributed by atoms with E-state index in [2.05, 4.69) is 5.32 Å². The maximum atomic E-state index is 11.6. The van der Waals surface area contributed by atoms with Crippen molar-refractivity contribution in [1.82, 2.24) is 5.32 Å². The van der Waals surface area contributed by atoms with Crippen LogP contribution in [0, 0.1) is 0 Å². The highest BCUT2D eigenvalue weighted by atomic mass is 16.2. The Hall–Kier alpha value is -1.88. The summed E-state index contributed by atoms with van der Waals surface area (Å²) in [5, 5.41) is 2.60. The topological polar surface area (TPSA) is 98.2 Å². The first-order valence-electron chi connectivity index (χ1n) is 4.99. The Balaban J connectivity index is 2.55. The van der Waals surface area contributed by atoms with Crippen LogP contribution in [0.15, 0.2) is 24.3 Å². The van der Waals surface area contributed by atoms with Gasteiger partial charge in [0.2, 0.25) is 5.91 Å². The lowest BCUT2D eigenvalue weighted by atomic mass is 10.1. The van der Waals surface area contributed by atoms with E-state index in [0.29, 0.717) is 12.1 Å². The average Bonchev–Trinajstić information content (AvgIpc) is 2.28. The number of amides is 2. The molecule has 0 saturated heterocycles. The van der Waals surface area contributed by atoms with Crippen LogP contribution in [0.4, 0.5) is 0 Å². The summed E-state index contributed by atoms with van der Waals surface area (Å²) in [4.78, 5) is 22.1. The Morgan fingerprint density at radius 3 is 2.69 bits per heavy atom. The van der Waals surface area contributed by atoms with Gasteiger partial charge in [-0.1, -0.05) is 12.1 Å². The minimum atomic E-state index is -0.434.